The molecule has 0 atom stereocenters. The second kappa shape index (κ2) is 6.30. The molecule has 26 heavy (non-hydrogen) atoms. The number of para-hydroxylation sites is 1. The van der Waals surface area contributed by atoms with Gasteiger partial charge in [0.05, 0.1) is 12.0 Å². The lowest BCUT2D eigenvalue weighted by atomic mass is 10.1. The first-order chi connectivity index (χ1) is 12.5. The Morgan fingerprint density at radius 3 is 2.54 bits per heavy atom. The zero-order valence-electron chi connectivity index (χ0n) is 14.6. The maximum absolute atomic E-state index is 13.1. The summed E-state index contributed by atoms with van der Waals surface area (Å²) >= 11 is 0. The molecule has 2 aromatic carbocycles. The summed E-state index contributed by atoms with van der Waals surface area (Å²) in [7, 11) is -2.07. The number of hydrogen-bond acceptors (Lipinski definition) is 4. The fourth-order valence-corrected chi connectivity index (χ4v) is 4.54. The van der Waals surface area contributed by atoms with Gasteiger partial charge in [0.15, 0.2) is 11.5 Å². The monoisotopic (exact) mass is 369 g/mol. The maximum atomic E-state index is 13.1. The molecule has 5 nitrogen and oxygen atoms in total. The molecular formula is C20H19NO4S. The van der Waals surface area contributed by atoms with Crippen molar-refractivity contribution in [2.45, 2.75) is 18.4 Å². The Morgan fingerprint density at radius 2 is 1.81 bits per heavy atom. The molecule has 0 unspecified atom stereocenters. The van der Waals surface area contributed by atoms with Crippen LogP contribution in [0.15, 0.2) is 63.9 Å². The highest BCUT2D eigenvalue weighted by atomic mass is 32.2. The number of benzene rings is 2. The van der Waals surface area contributed by atoms with Gasteiger partial charge in [-0.25, -0.2) is 8.42 Å². The predicted molar refractivity (Wildman–Crippen MR) is 100.0 cm³/mol. The van der Waals surface area contributed by atoms with Crippen LogP contribution in [0.1, 0.15) is 16.9 Å². The first-order valence-electron chi connectivity index (χ1n) is 8.32. The lowest BCUT2D eigenvalue weighted by molar-refractivity contribution is 0.354. The Morgan fingerprint density at radius 1 is 1.08 bits per heavy atom. The average Bonchev–Trinajstić information content (AvgIpc) is 2.89. The highest BCUT2D eigenvalue weighted by molar-refractivity contribution is 7.89. The summed E-state index contributed by atoms with van der Waals surface area (Å²) in [6.45, 7) is 2.38. The number of furan rings is 1. The van der Waals surface area contributed by atoms with Gasteiger partial charge in [-0.05, 0) is 31.2 Å². The smallest absolute Gasteiger partial charge is 0.243 e. The number of methoxy groups -OCH3 is 1. The van der Waals surface area contributed by atoms with Crippen molar-refractivity contribution in [3.8, 4) is 0 Å². The number of fused-ring (bicyclic) bond motifs is 3. The van der Waals surface area contributed by atoms with E-state index in [4.69, 9.17) is 9.15 Å². The Hall–Kier alpha value is -2.57. The normalized spacial score (nSPS) is 15.4. The molecule has 0 fully saturated rings. The first kappa shape index (κ1) is 16.9. The second-order valence-corrected chi connectivity index (χ2v) is 8.23. The minimum absolute atomic E-state index is 0.220. The van der Waals surface area contributed by atoms with E-state index < -0.39 is 10.0 Å². The average molecular weight is 369 g/mol. The van der Waals surface area contributed by atoms with Gasteiger partial charge in [0, 0.05) is 24.0 Å². The van der Waals surface area contributed by atoms with Crippen molar-refractivity contribution in [1.82, 2.24) is 4.31 Å². The Balaban J connectivity index is 1.83. The summed E-state index contributed by atoms with van der Waals surface area (Å²) < 4.78 is 39.1. The van der Waals surface area contributed by atoms with E-state index >= 15 is 0 Å². The van der Waals surface area contributed by atoms with Crippen LogP contribution in [0.4, 0.5) is 0 Å². The molecule has 0 radical (unpaired) electrons. The van der Waals surface area contributed by atoms with Gasteiger partial charge in [-0.3, -0.25) is 0 Å². The van der Waals surface area contributed by atoms with E-state index in [1.807, 2.05) is 31.2 Å². The molecule has 6 heteroatoms. The van der Waals surface area contributed by atoms with Crippen LogP contribution >= 0.6 is 0 Å². The molecule has 134 valence electrons. The maximum Gasteiger partial charge on any atom is 0.243 e. The van der Waals surface area contributed by atoms with Gasteiger partial charge in [-0.15, -0.1) is 0 Å². The van der Waals surface area contributed by atoms with Crippen LogP contribution in [0.25, 0.3) is 16.7 Å². The van der Waals surface area contributed by atoms with Crippen LogP contribution < -0.4 is 0 Å². The highest BCUT2D eigenvalue weighted by Crippen LogP contribution is 2.35. The van der Waals surface area contributed by atoms with Crippen molar-refractivity contribution in [1.29, 1.82) is 0 Å². The predicted octanol–water partition coefficient (Wildman–Crippen LogP) is 3.93. The van der Waals surface area contributed by atoms with Crippen molar-refractivity contribution in [3.05, 3.63) is 71.5 Å². The van der Waals surface area contributed by atoms with E-state index in [1.54, 1.807) is 37.5 Å². The van der Waals surface area contributed by atoms with Crippen LogP contribution in [-0.2, 0) is 21.3 Å². The van der Waals surface area contributed by atoms with Gasteiger partial charge in [0.2, 0.25) is 10.0 Å². The Labute approximate surface area is 152 Å². The summed E-state index contributed by atoms with van der Waals surface area (Å²) in [4.78, 5) is 0.284. The van der Waals surface area contributed by atoms with E-state index in [0.717, 1.165) is 22.1 Å². The van der Waals surface area contributed by atoms with Crippen LogP contribution in [0, 0.1) is 6.92 Å². The zero-order chi connectivity index (χ0) is 18.3. The van der Waals surface area contributed by atoms with Gasteiger partial charge >= 0.3 is 0 Å². The SMILES string of the molecule is COC1=CCN(S(=O)(=O)c2ccc(C)cc2)Cc2c1oc1ccccc21. The minimum atomic E-state index is -3.63. The second-order valence-electron chi connectivity index (χ2n) is 6.29. The number of hydrogen-bond donors (Lipinski definition) is 0. The molecule has 0 spiro atoms. The Kier molecular flexibility index (Phi) is 4.09. The number of rotatable bonds is 3. The summed E-state index contributed by atoms with van der Waals surface area (Å²) in [5.74, 6) is 1.15. The molecule has 0 aliphatic carbocycles. The van der Waals surface area contributed by atoms with Gasteiger partial charge in [0.1, 0.15) is 5.58 Å². The van der Waals surface area contributed by atoms with Crippen molar-refractivity contribution in [2.24, 2.45) is 0 Å². The van der Waals surface area contributed by atoms with E-state index in [0.29, 0.717) is 11.5 Å². The third kappa shape index (κ3) is 2.71. The molecule has 0 saturated heterocycles. The molecular weight excluding hydrogens is 350 g/mol. The molecule has 0 saturated carbocycles. The van der Waals surface area contributed by atoms with Crippen molar-refractivity contribution in [2.75, 3.05) is 13.7 Å². The number of sulfonamides is 1. The zero-order valence-corrected chi connectivity index (χ0v) is 15.4. The topological polar surface area (TPSA) is 59.8 Å². The lowest BCUT2D eigenvalue weighted by Gasteiger charge is -2.19. The standard InChI is InChI=1S/C20H19NO4S/c1-14-7-9-15(10-8-14)26(22,23)21-12-11-19(24-2)20-17(13-21)16-5-3-4-6-18(16)25-20/h3-11H,12-13H2,1-2H3. The summed E-state index contributed by atoms with van der Waals surface area (Å²) in [6, 6.07) is 14.5. The quantitative estimate of drug-likeness (QED) is 0.702. The fraction of sp³-hybridized carbons (Fsp3) is 0.200. The highest BCUT2D eigenvalue weighted by Gasteiger charge is 2.30. The molecule has 0 bridgehead atoms. The molecule has 1 aliphatic rings. The van der Waals surface area contributed by atoms with E-state index in [1.165, 1.54) is 4.31 Å². The molecule has 2 heterocycles. The minimum Gasteiger partial charge on any atom is -0.493 e. The largest absolute Gasteiger partial charge is 0.493 e. The molecule has 0 N–H and O–H groups in total. The molecule has 4 rings (SSSR count). The van der Waals surface area contributed by atoms with Gasteiger partial charge in [0.25, 0.3) is 0 Å². The molecule has 1 aliphatic heterocycles. The number of aryl methyl sites for hydroxylation is 1. The van der Waals surface area contributed by atoms with Crippen molar-refractivity contribution < 1.29 is 17.6 Å². The number of ether oxygens (including phenoxy) is 1. The summed E-state index contributed by atoms with van der Waals surface area (Å²) in [6.07, 6.45) is 1.75. The summed E-state index contributed by atoms with van der Waals surface area (Å²) in [5, 5.41) is 0.899. The van der Waals surface area contributed by atoms with Gasteiger partial charge in [-0.1, -0.05) is 35.9 Å². The molecule has 1 aromatic heterocycles. The number of nitrogens with zero attached hydrogens (tertiary/aromatic N) is 1. The molecule has 0 amide bonds. The van der Waals surface area contributed by atoms with Crippen molar-refractivity contribution in [3.63, 3.8) is 0 Å². The summed E-state index contributed by atoms with van der Waals surface area (Å²) in [5.41, 5.74) is 2.56. The van der Waals surface area contributed by atoms with Crippen LogP contribution in [0.2, 0.25) is 0 Å². The fourth-order valence-electron chi connectivity index (χ4n) is 3.19. The van der Waals surface area contributed by atoms with E-state index in [2.05, 4.69) is 0 Å². The van der Waals surface area contributed by atoms with Crippen LogP contribution in [0.3, 0.4) is 0 Å². The lowest BCUT2D eigenvalue weighted by Crippen LogP contribution is -2.30. The van der Waals surface area contributed by atoms with E-state index in [9.17, 15) is 8.42 Å². The molecule has 3 aromatic rings. The van der Waals surface area contributed by atoms with Gasteiger partial charge < -0.3 is 9.15 Å². The first-order valence-corrected chi connectivity index (χ1v) is 9.76. The van der Waals surface area contributed by atoms with E-state index in [-0.39, 0.29) is 18.0 Å². The van der Waals surface area contributed by atoms with Crippen LogP contribution in [0.5, 0.6) is 0 Å². The van der Waals surface area contributed by atoms with Crippen LogP contribution in [-0.4, -0.2) is 26.4 Å². The Bertz CT molecular complexity index is 1090. The van der Waals surface area contributed by atoms with Crippen molar-refractivity contribution >= 4 is 26.8 Å². The van der Waals surface area contributed by atoms with Gasteiger partial charge in [-0.2, -0.15) is 4.31 Å². The third-order valence-corrected chi connectivity index (χ3v) is 6.44. The third-order valence-electron chi connectivity index (χ3n) is 4.62.